The van der Waals surface area contributed by atoms with Crippen LogP contribution in [0.1, 0.15) is 27.2 Å². The highest BCUT2D eigenvalue weighted by molar-refractivity contribution is 5.66. The summed E-state index contributed by atoms with van der Waals surface area (Å²) >= 11 is 0. The highest BCUT2D eigenvalue weighted by Gasteiger charge is 2.41. The van der Waals surface area contributed by atoms with Crippen LogP contribution in [-0.2, 0) is 14.3 Å². The summed E-state index contributed by atoms with van der Waals surface area (Å²) in [6, 6.07) is 0. The minimum atomic E-state index is -0.256. The molecule has 1 fully saturated rings. The third-order valence-corrected chi connectivity index (χ3v) is 2.64. The predicted molar refractivity (Wildman–Crippen MR) is 53.9 cm³/mol. The highest BCUT2D eigenvalue weighted by Crippen LogP contribution is 2.31. The third-order valence-electron chi connectivity index (χ3n) is 2.64. The average Bonchev–Trinajstić information content (AvgIpc) is 2.42. The molecule has 0 aromatic heterocycles. The Labute approximate surface area is 85.1 Å². The minimum absolute atomic E-state index is 0.0353. The number of hydrogen-bond donors (Lipinski definition) is 0. The largest absolute Gasteiger partial charge is 0.459 e. The molecule has 1 aliphatic heterocycles. The maximum atomic E-state index is 10.9. The van der Waals surface area contributed by atoms with Gasteiger partial charge in [0.25, 0.3) is 0 Å². The van der Waals surface area contributed by atoms with Crippen LogP contribution in [0.4, 0.5) is 0 Å². The van der Waals surface area contributed by atoms with E-state index < -0.39 is 0 Å². The number of hydrogen-bond acceptors (Lipinski definition) is 3. The lowest BCUT2D eigenvalue weighted by atomic mass is 9.95. The second-order valence-corrected chi connectivity index (χ2v) is 3.68. The van der Waals surface area contributed by atoms with Gasteiger partial charge in [-0.05, 0) is 13.3 Å². The maximum Gasteiger partial charge on any atom is 0.303 e. The van der Waals surface area contributed by atoms with Crippen LogP contribution in [0.3, 0.4) is 0 Å². The van der Waals surface area contributed by atoms with E-state index in [1.165, 1.54) is 6.92 Å². The monoisotopic (exact) mass is 198 g/mol. The van der Waals surface area contributed by atoms with Crippen LogP contribution in [0.5, 0.6) is 0 Å². The van der Waals surface area contributed by atoms with Gasteiger partial charge in [-0.3, -0.25) is 4.79 Å². The number of carbonyl (C=O) groups excluding carboxylic acids is 1. The van der Waals surface area contributed by atoms with Crippen molar-refractivity contribution in [2.24, 2.45) is 5.92 Å². The van der Waals surface area contributed by atoms with Crippen LogP contribution in [0.15, 0.2) is 12.7 Å². The van der Waals surface area contributed by atoms with Crippen LogP contribution in [0.25, 0.3) is 0 Å². The Balaban J connectivity index is 2.71. The van der Waals surface area contributed by atoms with Gasteiger partial charge in [0.2, 0.25) is 0 Å². The fraction of sp³-hybridized carbons (Fsp3) is 0.727. The molecule has 1 saturated heterocycles. The summed E-state index contributed by atoms with van der Waals surface area (Å²) in [6.45, 7) is 9.17. The fourth-order valence-corrected chi connectivity index (χ4v) is 1.99. The molecule has 0 spiro atoms. The summed E-state index contributed by atoms with van der Waals surface area (Å²) < 4.78 is 10.9. The summed E-state index contributed by atoms with van der Waals surface area (Å²) in [5.41, 5.74) is 0. The summed E-state index contributed by atoms with van der Waals surface area (Å²) in [6.07, 6.45) is 2.66. The predicted octanol–water partition coefficient (Wildman–Crippen LogP) is 1.92. The van der Waals surface area contributed by atoms with E-state index in [0.717, 1.165) is 6.42 Å². The van der Waals surface area contributed by atoms with Crippen molar-refractivity contribution in [3.63, 3.8) is 0 Å². The van der Waals surface area contributed by atoms with Crippen molar-refractivity contribution < 1.29 is 14.3 Å². The third kappa shape index (κ3) is 2.15. The molecule has 3 nitrogen and oxygen atoms in total. The minimum Gasteiger partial charge on any atom is -0.459 e. The molecule has 0 aromatic rings. The molecule has 4 atom stereocenters. The van der Waals surface area contributed by atoms with Gasteiger partial charge in [0.1, 0.15) is 6.10 Å². The molecule has 1 rings (SSSR count). The molecule has 1 heterocycles. The van der Waals surface area contributed by atoms with Crippen molar-refractivity contribution in [1.29, 1.82) is 0 Å². The second kappa shape index (κ2) is 4.60. The van der Waals surface area contributed by atoms with Crippen molar-refractivity contribution in [1.82, 2.24) is 0 Å². The van der Waals surface area contributed by atoms with Crippen molar-refractivity contribution in [2.75, 3.05) is 0 Å². The van der Waals surface area contributed by atoms with Gasteiger partial charge in [-0.2, -0.15) is 0 Å². The van der Waals surface area contributed by atoms with Gasteiger partial charge in [0, 0.05) is 12.8 Å². The standard InChI is InChI=1S/C11H18O3/c1-5-9-10(6-2)13-7(3)11(9)14-8(4)12/h5,7,9-11H,1,6H2,2-4H3. The maximum absolute atomic E-state index is 10.9. The first-order chi connectivity index (χ1) is 6.60. The van der Waals surface area contributed by atoms with E-state index >= 15 is 0 Å². The molecule has 14 heavy (non-hydrogen) atoms. The van der Waals surface area contributed by atoms with Gasteiger partial charge in [-0.1, -0.05) is 13.0 Å². The Bertz CT molecular complexity index is 225. The number of rotatable bonds is 3. The molecule has 3 heteroatoms. The zero-order valence-corrected chi connectivity index (χ0v) is 9.03. The summed E-state index contributed by atoms with van der Waals surface area (Å²) in [7, 11) is 0. The number of carbonyl (C=O) groups is 1. The number of esters is 1. The first-order valence-electron chi connectivity index (χ1n) is 5.05. The highest BCUT2D eigenvalue weighted by atomic mass is 16.6. The van der Waals surface area contributed by atoms with Crippen molar-refractivity contribution in [2.45, 2.75) is 45.5 Å². The fourth-order valence-electron chi connectivity index (χ4n) is 1.99. The zero-order valence-electron chi connectivity index (χ0n) is 9.03. The van der Waals surface area contributed by atoms with E-state index in [4.69, 9.17) is 9.47 Å². The molecular weight excluding hydrogens is 180 g/mol. The quantitative estimate of drug-likeness (QED) is 0.513. The van der Waals surface area contributed by atoms with Crippen LogP contribution in [0, 0.1) is 5.92 Å². The van der Waals surface area contributed by atoms with E-state index in [9.17, 15) is 4.79 Å². The van der Waals surface area contributed by atoms with E-state index in [1.54, 1.807) is 0 Å². The van der Waals surface area contributed by atoms with Gasteiger partial charge in [0.15, 0.2) is 0 Å². The Morgan fingerprint density at radius 3 is 2.71 bits per heavy atom. The zero-order chi connectivity index (χ0) is 10.7. The Kier molecular flexibility index (Phi) is 3.69. The average molecular weight is 198 g/mol. The van der Waals surface area contributed by atoms with E-state index in [-0.39, 0.29) is 30.2 Å². The second-order valence-electron chi connectivity index (χ2n) is 3.68. The molecule has 0 saturated carbocycles. The molecule has 0 bridgehead atoms. The van der Waals surface area contributed by atoms with Crippen molar-refractivity contribution in [3.8, 4) is 0 Å². The van der Waals surface area contributed by atoms with Crippen LogP contribution >= 0.6 is 0 Å². The summed E-state index contributed by atoms with van der Waals surface area (Å²) in [4.78, 5) is 10.9. The molecule has 0 aliphatic carbocycles. The lowest BCUT2D eigenvalue weighted by Crippen LogP contribution is -2.29. The lowest BCUT2D eigenvalue weighted by Gasteiger charge is -2.19. The Morgan fingerprint density at radius 2 is 2.29 bits per heavy atom. The molecular formula is C11H18O3. The molecule has 80 valence electrons. The first-order valence-corrected chi connectivity index (χ1v) is 5.05. The van der Waals surface area contributed by atoms with Gasteiger partial charge in [0.05, 0.1) is 12.2 Å². The summed E-state index contributed by atoms with van der Waals surface area (Å²) in [5.74, 6) is -0.132. The topological polar surface area (TPSA) is 35.5 Å². The van der Waals surface area contributed by atoms with Crippen molar-refractivity contribution >= 4 is 5.97 Å². The van der Waals surface area contributed by atoms with E-state index in [2.05, 4.69) is 13.5 Å². The van der Waals surface area contributed by atoms with Gasteiger partial charge in [-0.25, -0.2) is 0 Å². The molecule has 1 aliphatic rings. The Morgan fingerprint density at radius 1 is 1.64 bits per heavy atom. The van der Waals surface area contributed by atoms with Gasteiger partial charge >= 0.3 is 5.97 Å². The normalized spacial score (nSPS) is 36.8. The van der Waals surface area contributed by atoms with Crippen LogP contribution < -0.4 is 0 Å². The van der Waals surface area contributed by atoms with Crippen molar-refractivity contribution in [3.05, 3.63) is 12.7 Å². The van der Waals surface area contributed by atoms with Crippen LogP contribution in [-0.4, -0.2) is 24.3 Å². The molecule has 4 unspecified atom stereocenters. The number of ether oxygens (including phenoxy) is 2. The smallest absolute Gasteiger partial charge is 0.303 e. The lowest BCUT2D eigenvalue weighted by molar-refractivity contribution is -0.149. The molecule has 0 radical (unpaired) electrons. The Hall–Kier alpha value is -0.830. The van der Waals surface area contributed by atoms with Gasteiger partial charge < -0.3 is 9.47 Å². The van der Waals surface area contributed by atoms with Crippen LogP contribution in [0.2, 0.25) is 0 Å². The molecule has 0 aromatic carbocycles. The van der Waals surface area contributed by atoms with Gasteiger partial charge in [-0.15, -0.1) is 6.58 Å². The van der Waals surface area contributed by atoms with E-state index in [1.807, 2.05) is 13.0 Å². The van der Waals surface area contributed by atoms with E-state index in [0.29, 0.717) is 0 Å². The summed E-state index contributed by atoms with van der Waals surface area (Å²) in [5, 5.41) is 0. The molecule has 0 amide bonds. The first kappa shape index (κ1) is 11.2. The SMILES string of the molecule is C=CC1C(CC)OC(C)C1OC(C)=O. The molecule has 0 N–H and O–H groups in total.